The Labute approximate surface area is 119 Å². The molecule has 3 rings (SSSR count). The fourth-order valence-corrected chi connectivity index (χ4v) is 2.94. The van der Waals surface area contributed by atoms with Crippen LogP contribution in [0.2, 0.25) is 0 Å². The number of likely N-dealkylation sites (tertiary alicyclic amines) is 1. The van der Waals surface area contributed by atoms with E-state index in [-0.39, 0.29) is 6.10 Å². The van der Waals surface area contributed by atoms with Crippen LogP contribution in [0.25, 0.3) is 0 Å². The molecule has 2 N–H and O–H groups in total. The number of aliphatic hydroxyl groups excluding tert-OH is 1. The van der Waals surface area contributed by atoms with Gasteiger partial charge in [-0.2, -0.15) is 0 Å². The van der Waals surface area contributed by atoms with Crippen LogP contribution in [0.1, 0.15) is 17.8 Å². The number of β-amino-alcohol motifs (C(OH)–C–C–N with tert-alkyl or cyclic N) is 1. The smallest absolute Gasteiger partial charge is 0.120 e. The maximum atomic E-state index is 10.4. The van der Waals surface area contributed by atoms with Crippen molar-refractivity contribution in [1.82, 2.24) is 14.9 Å². The van der Waals surface area contributed by atoms with Crippen LogP contribution in [0.3, 0.4) is 0 Å². The van der Waals surface area contributed by atoms with Crippen molar-refractivity contribution in [1.29, 1.82) is 0 Å². The van der Waals surface area contributed by atoms with E-state index < -0.39 is 0 Å². The Hall–Kier alpha value is -1.65. The number of aliphatic hydroxyl groups is 1. The molecule has 1 aromatic carbocycles. The lowest BCUT2D eigenvalue weighted by molar-refractivity contribution is 0.0179. The minimum absolute atomic E-state index is 0.251. The van der Waals surface area contributed by atoms with Crippen LogP contribution >= 0.6 is 0 Å². The lowest BCUT2D eigenvalue weighted by atomic mass is 9.88. The second-order valence-electron chi connectivity index (χ2n) is 5.58. The van der Waals surface area contributed by atoms with Gasteiger partial charge in [0.25, 0.3) is 0 Å². The molecule has 0 amide bonds. The molecule has 0 aliphatic carbocycles. The van der Waals surface area contributed by atoms with E-state index in [9.17, 15) is 5.11 Å². The summed E-state index contributed by atoms with van der Waals surface area (Å²) in [5.41, 5.74) is 1.32. The molecule has 1 saturated heterocycles. The van der Waals surface area contributed by atoms with Crippen LogP contribution in [-0.2, 0) is 13.0 Å². The fraction of sp³-hybridized carbons (Fsp3) is 0.438. The highest BCUT2D eigenvalue weighted by atomic mass is 16.3. The summed E-state index contributed by atoms with van der Waals surface area (Å²) in [6.07, 6.45) is 5.37. The van der Waals surface area contributed by atoms with Gasteiger partial charge in [-0.3, -0.25) is 4.90 Å². The average molecular weight is 271 g/mol. The predicted molar refractivity (Wildman–Crippen MR) is 78.1 cm³/mol. The first-order valence-electron chi connectivity index (χ1n) is 7.24. The number of nitrogens with zero attached hydrogens (tertiary/aromatic N) is 2. The Bertz CT molecular complexity index is 512. The molecular weight excluding hydrogens is 250 g/mol. The highest BCUT2D eigenvalue weighted by molar-refractivity contribution is 5.15. The summed E-state index contributed by atoms with van der Waals surface area (Å²) in [5.74, 6) is 1.34. The van der Waals surface area contributed by atoms with Gasteiger partial charge in [-0.05, 0) is 30.9 Å². The molecule has 1 aromatic heterocycles. The first-order chi connectivity index (χ1) is 9.81. The maximum absolute atomic E-state index is 10.4. The van der Waals surface area contributed by atoms with E-state index in [0.717, 1.165) is 38.3 Å². The van der Waals surface area contributed by atoms with Gasteiger partial charge in [0.15, 0.2) is 0 Å². The number of H-pyrrole nitrogens is 1. The van der Waals surface area contributed by atoms with Crippen LogP contribution in [0.15, 0.2) is 42.7 Å². The number of aromatic amines is 1. The van der Waals surface area contributed by atoms with Crippen LogP contribution in [0.5, 0.6) is 0 Å². The SMILES string of the molecule is O[C@@H]1CN(Cc2ncc[nH]2)CC[C@@H]1Cc1ccccc1. The van der Waals surface area contributed by atoms with Gasteiger partial charge in [0.05, 0.1) is 12.6 Å². The van der Waals surface area contributed by atoms with Gasteiger partial charge in [0, 0.05) is 18.9 Å². The molecular formula is C16H21N3O. The number of benzene rings is 1. The monoisotopic (exact) mass is 271 g/mol. The molecule has 1 fully saturated rings. The minimum atomic E-state index is -0.251. The van der Waals surface area contributed by atoms with Gasteiger partial charge >= 0.3 is 0 Å². The van der Waals surface area contributed by atoms with Crippen molar-refractivity contribution in [3.8, 4) is 0 Å². The Balaban J connectivity index is 1.54. The predicted octanol–water partition coefficient (Wildman–Crippen LogP) is 1.84. The van der Waals surface area contributed by atoms with Crippen LogP contribution < -0.4 is 0 Å². The summed E-state index contributed by atoms with van der Waals surface area (Å²) >= 11 is 0. The molecule has 0 saturated carbocycles. The van der Waals surface area contributed by atoms with Gasteiger partial charge in [0.2, 0.25) is 0 Å². The first kappa shape index (κ1) is 13.3. The number of aromatic nitrogens is 2. The van der Waals surface area contributed by atoms with Crippen molar-refractivity contribution in [2.45, 2.75) is 25.5 Å². The zero-order valence-corrected chi connectivity index (χ0v) is 11.6. The Morgan fingerprint density at radius 2 is 2.15 bits per heavy atom. The number of rotatable bonds is 4. The average Bonchev–Trinajstić information content (AvgIpc) is 2.96. The van der Waals surface area contributed by atoms with Crippen molar-refractivity contribution in [2.24, 2.45) is 5.92 Å². The molecule has 0 bridgehead atoms. The van der Waals surface area contributed by atoms with Crippen LogP contribution in [-0.4, -0.2) is 39.2 Å². The Morgan fingerprint density at radius 1 is 1.30 bits per heavy atom. The van der Waals surface area contributed by atoms with Crippen molar-refractivity contribution in [3.05, 3.63) is 54.1 Å². The number of piperidine rings is 1. The minimum Gasteiger partial charge on any atom is -0.391 e. The molecule has 1 aliphatic rings. The standard InChI is InChI=1S/C16H21N3O/c20-15-11-19(12-16-17-7-8-18-16)9-6-14(15)10-13-4-2-1-3-5-13/h1-5,7-8,14-15,20H,6,9-12H2,(H,17,18)/t14-,15-/m1/s1. The molecule has 1 aliphatic heterocycles. The Morgan fingerprint density at radius 3 is 2.85 bits per heavy atom. The fourth-order valence-electron chi connectivity index (χ4n) is 2.94. The van der Waals surface area contributed by atoms with Crippen molar-refractivity contribution < 1.29 is 5.11 Å². The molecule has 0 radical (unpaired) electrons. The van der Waals surface area contributed by atoms with E-state index >= 15 is 0 Å². The van der Waals surface area contributed by atoms with E-state index in [0.29, 0.717) is 5.92 Å². The van der Waals surface area contributed by atoms with Crippen LogP contribution in [0.4, 0.5) is 0 Å². The summed E-state index contributed by atoms with van der Waals surface area (Å²) in [5, 5.41) is 10.4. The van der Waals surface area contributed by atoms with Crippen LogP contribution in [0, 0.1) is 5.92 Å². The summed E-state index contributed by atoms with van der Waals surface area (Å²) < 4.78 is 0. The zero-order chi connectivity index (χ0) is 13.8. The van der Waals surface area contributed by atoms with Gasteiger partial charge < -0.3 is 10.1 Å². The second-order valence-corrected chi connectivity index (χ2v) is 5.58. The second kappa shape index (κ2) is 6.20. The van der Waals surface area contributed by atoms with Crippen molar-refractivity contribution >= 4 is 0 Å². The Kier molecular flexibility index (Phi) is 4.14. The van der Waals surface area contributed by atoms with E-state index in [4.69, 9.17) is 0 Å². The molecule has 0 spiro atoms. The lowest BCUT2D eigenvalue weighted by Crippen LogP contribution is -2.44. The first-order valence-corrected chi connectivity index (χ1v) is 7.24. The summed E-state index contributed by atoms with van der Waals surface area (Å²) in [6, 6.07) is 10.4. The third kappa shape index (κ3) is 3.26. The van der Waals surface area contributed by atoms with Crippen molar-refractivity contribution in [3.63, 3.8) is 0 Å². The summed E-state index contributed by atoms with van der Waals surface area (Å²) in [4.78, 5) is 9.63. The summed E-state index contributed by atoms with van der Waals surface area (Å²) in [6.45, 7) is 2.55. The highest BCUT2D eigenvalue weighted by Crippen LogP contribution is 2.22. The topological polar surface area (TPSA) is 52.1 Å². The molecule has 4 heteroatoms. The van der Waals surface area contributed by atoms with E-state index in [1.165, 1.54) is 5.56 Å². The lowest BCUT2D eigenvalue weighted by Gasteiger charge is -2.35. The third-order valence-electron chi connectivity index (χ3n) is 4.07. The summed E-state index contributed by atoms with van der Waals surface area (Å²) in [7, 11) is 0. The van der Waals surface area contributed by atoms with Gasteiger partial charge in [-0.1, -0.05) is 30.3 Å². The molecule has 106 valence electrons. The van der Waals surface area contributed by atoms with E-state index in [1.807, 2.05) is 12.3 Å². The molecule has 2 heterocycles. The molecule has 2 aromatic rings. The number of hydrogen-bond donors (Lipinski definition) is 2. The highest BCUT2D eigenvalue weighted by Gasteiger charge is 2.27. The molecule has 4 nitrogen and oxygen atoms in total. The van der Waals surface area contributed by atoms with Crippen molar-refractivity contribution in [2.75, 3.05) is 13.1 Å². The van der Waals surface area contributed by atoms with Gasteiger partial charge in [-0.15, -0.1) is 0 Å². The zero-order valence-electron chi connectivity index (χ0n) is 11.6. The number of nitrogens with one attached hydrogen (secondary N) is 1. The molecule has 2 atom stereocenters. The third-order valence-corrected chi connectivity index (χ3v) is 4.07. The number of imidazole rings is 1. The van der Waals surface area contributed by atoms with Gasteiger partial charge in [0.1, 0.15) is 5.82 Å². The normalized spacial score (nSPS) is 23.9. The van der Waals surface area contributed by atoms with Gasteiger partial charge in [-0.25, -0.2) is 4.98 Å². The van der Waals surface area contributed by atoms with E-state index in [1.54, 1.807) is 6.20 Å². The largest absolute Gasteiger partial charge is 0.391 e. The molecule has 20 heavy (non-hydrogen) atoms. The molecule has 0 unspecified atom stereocenters. The quantitative estimate of drug-likeness (QED) is 0.892. The maximum Gasteiger partial charge on any atom is 0.120 e. The van der Waals surface area contributed by atoms with E-state index in [2.05, 4.69) is 39.1 Å². The number of hydrogen-bond acceptors (Lipinski definition) is 3.